The Balaban J connectivity index is 0.00000176. The number of hydrogen-bond donors (Lipinski definition) is 1. The summed E-state index contributed by atoms with van der Waals surface area (Å²) in [6.45, 7) is 7.99. The molecule has 3 unspecified atom stereocenters. The molecule has 0 bridgehead atoms. The molecule has 0 amide bonds. The van der Waals surface area contributed by atoms with Crippen LogP contribution in [0.4, 0.5) is 0 Å². The van der Waals surface area contributed by atoms with E-state index in [1.54, 1.807) is 0 Å². The lowest BCUT2D eigenvalue weighted by Crippen LogP contribution is -2.64. The lowest BCUT2D eigenvalue weighted by atomic mass is 9.70. The van der Waals surface area contributed by atoms with Crippen LogP contribution in [0.25, 0.3) is 0 Å². The molecular formula is C16H30IN3O2. The third kappa shape index (κ3) is 3.38. The van der Waals surface area contributed by atoms with Crippen molar-refractivity contribution in [2.45, 2.75) is 63.7 Å². The van der Waals surface area contributed by atoms with Gasteiger partial charge < -0.3 is 20.1 Å². The molecule has 2 aliphatic heterocycles. The highest BCUT2D eigenvalue weighted by atomic mass is 127. The van der Waals surface area contributed by atoms with Crippen molar-refractivity contribution >= 4 is 29.9 Å². The molecule has 0 aromatic carbocycles. The van der Waals surface area contributed by atoms with Gasteiger partial charge in [0.2, 0.25) is 0 Å². The van der Waals surface area contributed by atoms with E-state index in [0.717, 1.165) is 51.5 Å². The van der Waals surface area contributed by atoms with Gasteiger partial charge in [0.25, 0.3) is 0 Å². The second kappa shape index (κ2) is 7.66. The van der Waals surface area contributed by atoms with Crippen molar-refractivity contribution in [3.63, 3.8) is 0 Å². The van der Waals surface area contributed by atoms with Crippen LogP contribution in [0.2, 0.25) is 0 Å². The Morgan fingerprint density at radius 3 is 2.73 bits per heavy atom. The highest BCUT2D eigenvalue weighted by Crippen LogP contribution is 2.47. The van der Waals surface area contributed by atoms with Gasteiger partial charge >= 0.3 is 0 Å². The first-order chi connectivity index (χ1) is 10.2. The fourth-order valence-electron chi connectivity index (χ4n) is 3.91. The van der Waals surface area contributed by atoms with E-state index in [-0.39, 0.29) is 41.7 Å². The van der Waals surface area contributed by atoms with Crippen molar-refractivity contribution in [1.82, 2.24) is 4.90 Å². The zero-order valence-electron chi connectivity index (χ0n) is 13.8. The summed E-state index contributed by atoms with van der Waals surface area (Å²) in [5.74, 6) is 1.52. The van der Waals surface area contributed by atoms with Gasteiger partial charge in [-0.3, -0.25) is 0 Å². The predicted molar refractivity (Wildman–Crippen MR) is 98.7 cm³/mol. The molecule has 2 saturated heterocycles. The number of guanidine groups is 1. The quantitative estimate of drug-likeness (QED) is 0.430. The van der Waals surface area contributed by atoms with E-state index < -0.39 is 0 Å². The van der Waals surface area contributed by atoms with Gasteiger partial charge in [0.05, 0.1) is 12.1 Å². The summed E-state index contributed by atoms with van der Waals surface area (Å²) in [5, 5.41) is 0. The highest BCUT2D eigenvalue weighted by Gasteiger charge is 2.59. The Kier molecular flexibility index (Phi) is 6.36. The Labute approximate surface area is 151 Å². The molecule has 5 nitrogen and oxygen atoms in total. The summed E-state index contributed by atoms with van der Waals surface area (Å²) < 4.78 is 11.9. The molecule has 0 aromatic rings. The van der Waals surface area contributed by atoms with Gasteiger partial charge in [-0.05, 0) is 38.5 Å². The van der Waals surface area contributed by atoms with Crippen LogP contribution in [-0.2, 0) is 9.47 Å². The fraction of sp³-hybridized carbons (Fsp3) is 0.938. The Morgan fingerprint density at radius 1 is 1.41 bits per heavy atom. The Morgan fingerprint density at radius 2 is 2.14 bits per heavy atom. The maximum absolute atomic E-state index is 6.25. The van der Waals surface area contributed by atoms with E-state index in [1.165, 1.54) is 12.8 Å². The molecule has 6 heteroatoms. The normalized spacial score (nSPS) is 36.3. The highest BCUT2D eigenvalue weighted by molar-refractivity contribution is 14.0. The van der Waals surface area contributed by atoms with Crippen molar-refractivity contribution < 1.29 is 9.47 Å². The first-order valence-electron chi connectivity index (χ1n) is 8.49. The first-order valence-corrected chi connectivity index (χ1v) is 8.49. The lowest BCUT2D eigenvalue weighted by molar-refractivity contribution is -0.189. The average Bonchev–Trinajstić information content (AvgIpc) is 2.99. The molecule has 128 valence electrons. The lowest BCUT2D eigenvalue weighted by Gasteiger charge is -2.50. The Bertz CT molecular complexity index is 391. The molecule has 1 aliphatic carbocycles. The smallest absolute Gasteiger partial charge is 0.191 e. The average molecular weight is 423 g/mol. The van der Waals surface area contributed by atoms with Gasteiger partial charge in [-0.25, -0.2) is 4.99 Å². The van der Waals surface area contributed by atoms with Crippen molar-refractivity contribution in [1.29, 1.82) is 0 Å². The molecule has 3 fully saturated rings. The molecular weight excluding hydrogens is 393 g/mol. The maximum atomic E-state index is 6.25. The van der Waals surface area contributed by atoms with Crippen LogP contribution in [0, 0.1) is 5.92 Å². The molecule has 0 radical (unpaired) electrons. The monoisotopic (exact) mass is 423 g/mol. The molecule has 1 saturated carbocycles. The van der Waals surface area contributed by atoms with Crippen molar-refractivity contribution in [3.05, 3.63) is 0 Å². The minimum Gasteiger partial charge on any atom is -0.375 e. The van der Waals surface area contributed by atoms with Gasteiger partial charge in [0.1, 0.15) is 5.60 Å². The summed E-state index contributed by atoms with van der Waals surface area (Å²) in [5.41, 5.74) is 6.06. The number of nitrogens with two attached hydrogens (primary N) is 1. The summed E-state index contributed by atoms with van der Waals surface area (Å²) in [6.07, 6.45) is 5.73. The van der Waals surface area contributed by atoms with Gasteiger partial charge in [0, 0.05) is 32.7 Å². The van der Waals surface area contributed by atoms with E-state index in [0.29, 0.717) is 5.96 Å². The van der Waals surface area contributed by atoms with Crippen molar-refractivity contribution in [2.75, 3.05) is 26.3 Å². The standard InChI is InChI=1S/C16H29N3O2.HI/c1-3-20-14-11-13(16(14)7-4-10-21-16)18-15(17)19-8-5-12(2)6-9-19;/h12-14H,3-11H2,1-2H3,(H2,17,18);1H. The second-order valence-corrected chi connectivity index (χ2v) is 6.76. The van der Waals surface area contributed by atoms with Crippen LogP contribution in [0.1, 0.15) is 46.0 Å². The van der Waals surface area contributed by atoms with E-state index in [1.807, 2.05) is 6.92 Å². The number of ether oxygens (including phenoxy) is 2. The Hall–Kier alpha value is -0.0800. The first kappa shape index (κ1) is 18.3. The van der Waals surface area contributed by atoms with Crippen molar-refractivity contribution in [2.24, 2.45) is 16.6 Å². The van der Waals surface area contributed by atoms with Crippen LogP contribution >= 0.6 is 24.0 Å². The molecule has 1 spiro atoms. The van der Waals surface area contributed by atoms with Gasteiger partial charge in [0.15, 0.2) is 5.96 Å². The summed E-state index contributed by atoms with van der Waals surface area (Å²) >= 11 is 0. The number of hydrogen-bond acceptors (Lipinski definition) is 3. The van der Waals surface area contributed by atoms with Crippen LogP contribution in [-0.4, -0.2) is 54.9 Å². The maximum Gasteiger partial charge on any atom is 0.191 e. The van der Waals surface area contributed by atoms with E-state index in [2.05, 4.69) is 11.8 Å². The molecule has 22 heavy (non-hydrogen) atoms. The van der Waals surface area contributed by atoms with E-state index >= 15 is 0 Å². The zero-order valence-corrected chi connectivity index (χ0v) is 16.1. The molecule has 0 aromatic heterocycles. The van der Waals surface area contributed by atoms with Gasteiger partial charge in [-0.1, -0.05) is 6.92 Å². The number of likely N-dealkylation sites (tertiary alicyclic amines) is 1. The van der Waals surface area contributed by atoms with E-state index in [9.17, 15) is 0 Å². The van der Waals surface area contributed by atoms with Crippen molar-refractivity contribution in [3.8, 4) is 0 Å². The SMILES string of the molecule is CCOC1CC(N=C(N)N2CCC(C)CC2)C12CCCO2.I. The summed E-state index contributed by atoms with van der Waals surface area (Å²) in [7, 11) is 0. The number of nitrogens with zero attached hydrogens (tertiary/aromatic N) is 2. The minimum atomic E-state index is -0.191. The predicted octanol–water partition coefficient (Wildman–Crippen LogP) is 2.38. The van der Waals surface area contributed by atoms with Crippen LogP contribution in [0.3, 0.4) is 0 Å². The van der Waals surface area contributed by atoms with Gasteiger partial charge in [-0.15, -0.1) is 24.0 Å². The molecule has 3 rings (SSSR count). The fourth-order valence-corrected chi connectivity index (χ4v) is 3.91. The third-order valence-electron chi connectivity index (χ3n) is 5.39. The largest absolute Gasteiger partial charge is 0.375 e. The molecule has 2 heterocycles. The van der Waals surface area contributed by atoms with Gasteiger partial charge in [-0.2, -0.15) is 0 Å². The molecule has 2 N–H and O–H groups in total. The van der Waals surface area contributed by atoms with Crippen LogP contribution in [0.15, 0.2) is 4.99 Å². The third-order valence-corrected chi connectivity index (χ3v) is 5.39. The number of halogens is 1. The summed E-state index contributed by atoms with van der Waals surface area (Å²) in [6, 6.07) is 0.177. The second-order valence-electron chi connectivity index (χ2n) is 6.76. The zero-order chi connectivity index (χ0) is 14.9. The van der Waals surface area contributed by atoms with Crippen LogP contribution < -0.4 is 5.73 Å². The molecule has 3 aliphatic rings. The number of piperidine rings is 1. The summed E-state index contributed by atoms with van der Waals surface area (Å²) in [4.78, 5) is 7.05. The number of rotatable bonds is 3. The topological polar surface area (TPSA) is 60.1 Å². The minimum absolute atomic E-state index is 0. The molecule has 3 atom stereocenters. The van der Waals surface area contributed by atoms with Crippen LogP contribution in [0.5, 0.6) is 0 Å². The number of aliphatic imine (C=N–C) groups is 1. The van der Waals surface area contributed by atoms with E-state index in [4.69, 9.17) is 20.2 Å².